The molecule has 0 aromatic carbocycles. The van der Waals surface area contributed by atoms with Crippen molar-refractivity contribution in [1.82, 2.24) is 10.6 Å². The molecule has 1 amide bonds. The van der Waals surface area contributed by atoms with Crippen LogP contribution in [0.2, 0.25) is 0 Å². The van der Waals surface area contributed by atoms with Crippen LogP contribution in [0.15, 0.2) is 0 Å². The zero-order chi connectivity index (χ0) is 11.2. The fraction of sp³-hybridized carbons (Fsp3) is 0.778. The molecule has 0 fully saturated rings. The first-order valence-electron chi connectivity index (χ1n) is 4.71. The summed E-state index contributed by atoms with van der Waals surface area (Å²) < 4.78 is 0. The molecule has 0 unspecified atom stereocenters. The Balaban J connectivity index is 3.95. The number of hydrogen-bond donors (Lipinski definition) is 3. The van der Waals surface area contributed by atoms with Crippen molar-refractivity contribution in [3.63, 3.8) is 0 Å². The molecule has 5 heteroatoms. The fourth-order valence-corrected chi connectivity index (χ4v) is 1.45. The average Bonchev–Trinajstić information content (AvgIpc) is 1.96. The van der Waals surface area contributed by atoms with Crippen LogP contribution in [0.5, 0.6) is 0 Å². The maximum atomic E-state index is 10.7. The van der Waals surface area contributed by atoms with E-state index in [1.165, 1.54) is 0 Å². The van der Waals surface area contributed by atoms with Gasteiger partial charge in [-0.3, -0.25) is 4.79 Å². The van der Waals surface area contributed by atoms with Gasteiger partial charge in [-0.25, -0.2) is 0 Å². The summed E-state index contributed by atoms with van der Waals surface area (Å²) in [4.78, 5) is 10.7. The second-order valence-corrected chi connectivity index (χ2v) is 4.32. The lowest BCUT2D eigenvalue weighted by Crippen LogP contribution is -2.50. The zero-order valence-corrected chi connectivity index (χ0v) is 9.83. The van der Waals surface area contributed by atoms with Crippen LogP contribution in [0.1, 0.15) is 33.6 Å². The van der Waals surface area contributed by atoms with Gasteiger partial charge >= 0.3 is 0 Å². The minimum Gasteiger partial charge on any atom is -0.370 e. The Morgan fingerprint density at radius 3 is 2.50 bits per heavy atom. The number of thiocarbonyl (C=S) groups is 1. The smallest absolute Gasteiger partial charge is 0.219 e. The Kier molecular flexibility index (Phi) is 5.45. The number of hydrogen-bond acceptors (Lipinski definition) is 2. The van der Waals surface area contributed by atoms with Gasteiger partial charge in [0.05, 0.1) is 0 Å². The molecule has 14 heavy (non-hydrogen) atoms. The first-order valence-corrected chi connectivity index (χ1v) is 5.12. The lowest BCUT2D eigenvalue weighted by atomic mass is 10.0. The Hall–Kier alpha value is -0.840. The van der Waals surface area contributed by atoms with Crippen LogP contribution in [0.25, 0.3) is 0 Å². The molecule has 0 radical (unpaired) electrons. The van der Waals surface area contributed by atoms with E-state index in [9.17, 15) is 4.79 Å². The van der Waals surface area contributed by atoms with Crippen molar-refractivity contribution < 1.29 is 4.79 Å². The van der Waals surface area contributed by atoms with Crippen LogP contribution in [0.4, 0.5) is 0 Å². The molecule has 0 atom stereocenters. The maximum Gasteiger partial charge on any atom is 0.219 e. The molecule has 0 bridgehead atoms. The molecule has 4 N–H and O–H groups in total. The third-order valence-corrected chi connectivity index (χ3v) is 1.85. The number of nitrogens with two attached hydrogens (primary N) is 1. The topological polar surface area (TPSA) is 67.2 Å². The van der Waals surface area contributed by atoms with E-state index < -0.39 is 0 Å². The fourth-order valence-electron chi connectivity index (χ4n) is 1.07. The lowest BCUT2D eigenvalue weighted by molar-refractivity contribution is -0.119. The molecule has 0 aromatic heterocycles. The third-order valence-electron chi connectivity index (χ3n) is 1.60. The molecular formula is C9H19N3OS. The highest BCUT2D eigenvalue weighted by Crippen LogP contribution is 2.06. The predicted octanol–water partition coefficient (Wildman–Crippen LogP) is 0.514. The second kappa shape index (κ2) is 5.80. The molecule has 0 rings (SSSR count). The lowest BCUT2D eigenvalue weighted by Gasteiger charge is -2.26. The highest BCUT2D eigenvalue weighted by Gasteiger charge is 2.20. The zero-order valence-electron chi connectivity index (χ0n) is 9.02. The highest BCUT2D eigenvalue weighted by atomic mass is 32.1. The number of primary amides is 1. The molecule has 4 nitrogen and oxygen atoms in total. The van der Waals surface area contributed by atoms with E-state index in [0.29, 0.717) is 5.11 Å². The summed E-state index contributed by atoms with van der Waals surface area (Å²) in [6.07, 6.45) is 1.28. The van der Waals surface area contributed by atoms with Gasteiger partial charge in [0.25, 0.3) is 0 Å². The first-order chi connectivity index (χ1) is 6.37. The van der Waals surface area contributed by atoms with Crippen LogP contribution < -0.4 is 16.4 Å². The van der Waals surface area contributed by atoms with E-state index in [1.54, 1.807) is 0 Å². The van der Waals surface area contributed by atoms with Crippen molar-refractivity contribution in [1.29, 1.82) is 0 Å². The van der Waals surface area contributed by atoms with Crippen LogP contribution >= 0.6 is 12.2 Å². The molecule has 0 saturated heterocycles. The second-order valence-electron chi connectivity index (χ2n) is 3.91. The van der Waals surface area contributed by atoms with Crippen LogP contribution in [-0.2, 0) is 4.79 Å². The maximum absolute atomic E-state index is 10.7. The number of carbonyl (C=O) groups excluding carboxylic acids is 1. The first kappa shape index (κ1) is 13.2. The normalized spacial score (nSPS) is 10.8. The summed E-state index contributed by atoms with van der Waals surface area (Å²) in [5.74, 6) is -0.333. The van der Waals surface area contributed by atoms with Gasteiger partial charge in [-0.15, -0.1) is 0 Å². The van der Waals surface area contributed by atoms with E-state index in [2.05, 4.69) is 17.6 Å². The Bertz CT molecular complexity index is 216. The van der Waals surface area contributed by atoms with Crippen LogP contribution in [-0.4, -0.2) is 23.1 Å². The minimum atomic E-state index is -0.385. The number of amides is 1. The van der Waals surface area contributed by atoms with Crippen molar-refractivity contribution >= 4 is 23.2 Å². The Morgan fingerprint density at radius 1 is 1.50 bits per heavy atom. The molecule has 0 aliphatic carbocycles. The summed E-state index contributed by atoms with van der Waals surface area (Å²) in [5, 5.41) is 6.64. The molecule has 0 saturated carbocycles. The largest absolute Gasteiger partial charge is 0.370 e. The number of nitrogens with one attached hydrogen (secondary N) is 2. The van der Waals surface area contributed by atoms with Crippen molar-refractivity contribution in [3.05, 3.63) is 0 Å². The van der Waals surface area contributed by atoms with Gasteiger partial charge in [-0.2, -0.15) is 0 Å². The summed E-state index contributed by atoms with van der Waals surface area (Å²) in [6, 6.07) is 0. The standard InChI is InChI=1S/C9H19N3OS/c1-4-5-11-8(14)12-9(2,3)6-7(10)13/h4-6H2,1-3H3,(H2,10,13)(H2,11,12,14). The predicted molar refractivity (Wildman–Crippen MR) is 61.9 cm³/mol. The number of rotatable bonds is 5. The van der Waals surface area contributed by atoms with Gasteiger partial charge < -0.3 is 16.4 Å². The summed E-state index contributed by atoms with van der Waals surface area (Å²) in [5.41, 5.74) is 4.73. The summed E-state index contributed by atoms with van der Waals surface area (Å²) in [6.45, 7) is 6.66. The van der Waals surface area contributed by atoms with Crippen LogP contribution in [0.3, 0.4) is 0 Å². The Morgan fingerprint density at radius 2 is 2.07 bits per heavy atom. The monoisotopic (exact) mass is 217 g/mol. The van der Waals surface area contributed by atoms with Crippen molar-refractivity contribution in [2.45, 2.75) is 39.2 Å². The van der Waals surface area contributed by atoms with Crippen LogP contribution in [0, 0.1) is 0 Å². The molecule has 0 aromatic rings. The molecule has 0 aliphatic rings. The third kappa shape index (κ3) is 6.65. The highest BCUT2D eigenvalue weighted by molar-refractivity contribution is 7.80. The van der Waals surface area contributed by atoms with Gasteiger partial charge in [0.1, 0.15) is 0 Å². The molecule has 82 valence electrons. The van der Waals surface area contributed by atoms with Gasteiger partial charge in [-0.05, 0) is 32.5 Å². The molecule has 0 spiro atoms. The van der Waals surface area contributed by atoms with E-state index in [0.717, 1.165) is 13.0 Å². The van der Waals surface area contributed by atoms with Gasteiger partial charge in [0.2, 0.25) is 5.91 Å². The minimum absolute atomic E-state index is 0.265. The van der Waals surface area contributed by atoms with E-state index in [4.69, 9.17) is 18.0 Å². The van der Waals surface area contributed by atoms with E-state index >= 15 is 0 Å². The van der Waals surface area contributed by atoms with Crippen molar-refractivity contribution in [2.75, 3.05) is 6.54 Å². The SMILES string of the molecule is CCCNC(=S)NC(C)(C)CC(N)=O. The van der Waals surface area contributed by atoms with E-state index in [-0.39, 0.29) is 17.9 Å². The molecular weight excluding hydrogens is 198 g/mol. The quantitative estimate of drug-likeness (QED) is 0.587. The van der Waals surface area contributed by atoms with Crippen molar-refractivity contribution in [3.8, 4) is 0 Å². The average molecular weight is 217 g/mol. The summed E-state index contributed by atoms with van der Waals surface area (Å²) in [7, 11) is 0. The van der Waals surface area contributed by atoms with Crippen molar-refractivity contribution in [2.24, 2.45) is 5.73 Å². The Labute approximate surface area is 90.6 Å². The van der Waals surface area contributed by atoms with E-state index in [1.807, 2.05) is 13.8 Å². The van der Waals surface area contributed by atoms with Gasteiger partial charge in [0, 0.05) is 18.5 Å². The molecule has 0 aliphatic heterocycles. The van der Waals surface area contributed by atoms with Gasteiger partial charge in [0.15, 0.2) is 5.11 Å². The van der Waals surface area contributed by atoms with Gasteiger partial charge in [-0.1, -0.05) is 6.92 Å². The summed E-state index contributed by atoms with van der Waals surface area (Å²) >= 11 is 5.05. The number of carbonyl (C=O) groups is 1. The molecule has 0 heterocycles.